The lowest BCUT2D eigenvalue weighted by Gasteiger charge is -2.22. The minimum Gasteiger partial charge on any atom is -0.489 e. The second-order valence-corrected chi connectivity index (χ2v) is 12.8. The van der Waals surface area contributed by atoms with Crippen molar-refractivity contribution in [3.05, 3.63) is 102 Å². The minimum atomic E-state index is -3.98. The fraction of sp³-hybridized carbons (Fsp3) is 0.179. The highest BCUT2D eigenvalue weighted by Crippen LogP contribution is 2.23. The molecule has 1 amide bonds. The number of nitrogens with zero attached hydrogens (tertiary/aromatic N) is 3. The van der Waals surface area contributed by atoms with Gasteiger partial charge in [-0.2, -0.15) is 0 Å². The molecule has 0 aliphatic heterocycles. The minimum absolute atomic E-state index is 0.0449. The lowest BCUT2D eigenvalue weighted by atomic mass is 10.2. The molecule has 0 unspecified atom stereocenters. The SMILES string of the molecule is Cc1cc(C)nc(NS(=O)(=O)c2ccc(NC(=O)CN(c3ccc(OCc4ccccc4)cc3)S(C)(=O)=O)cc2)n1. The van der Waals surface area contributed by atoms with Crippen LogP contribution >= 0.6 is 0 Å². The third-order valence-corrected chi connectivity index (χ3v) is 8.20. The lowest BCUT2D eigenvalue weighted by molar-refractivity contribution is -0.114. The Morgan fingerprint density at radius 2 is 1.46 bits per heavy atom. The van der Waals surface area contributed by atoms with Crippen LogP contribution in [0.5, 0.6) is 5.75 Å². The second kappa shape index (κ2) is 12.4. The summed E-state index contributed by atoms with van der Waals surface area (Å²) in [6.45, 7) is 3.32. The van der Waals surface area contributed by atoms with Crippen molar-refractivity contribution in [3.8, 4) is 5.75 Å². The van der Waals surface area contributed by atoms with Gasteiger partial charge in [0.2, 0.25) is 21.9 Å². The summed E-state index contributed by atoms with van der Waals surface area (Å²) in [5.41, 5.74) is 2.79. The second-order valence-electron chi connectivity index (χ2n) is 9.19. The van der Waals surface area contributed by atoms with Gasteiger partial charge < -0.3 is 10.1 Å². The highest BCUT2D eigenvalue weighted by molar-refractivity contribution is 7.92. The summed E-state index contributed by atoms with van der Waals surface area (Å²) in [5.74, 6) is -0.113. The maximum absolute atomic E-state index is 12.8. The molecule has 0 aliphatic rings. The van der Waals surface area contributed by atoms with E-state index in [2.05, 4.69) is 20.0 Å². The number of rotatable bonds is 11. The molecule has 4 aromatic rings. The average Bonchev–Trinajstić information content (AvgIpc) is 2.90. The van der Waals surface area contributed by atoms with Gasteiger partial charge >= 0.3 is 0 Å². The molecule has 13 heteroatoms. The summed E-state index contributed by atoms with van der Waals surface area (Å²) in [6, 6.07) is 23.1. The molecule has 2 N–H and O–H groups in total. The Kier molecular flexibility index (Phi) is 8.89. The van der Waals surface area contributed by atoms with Crippen molar-refractivity contribution < 1.29 is 26.4 Å². The molecule has 0 aliphatic carbocycles. The zero-order valence-corrected chi connectivity index (χ0v) is 24.2. The highest BCUT2D eigenvalue weighted by atomic mass is 32.2. The summed E-state index contributed by atoms with van der Waals surface area (Å²) in [4.78, 5) is 20.9. The Labute approximate surface area is 239 Å². The molecule has 1 heterocycles. The van der Waals surface area contributed by atoms with E-state index in [1.807, 2.05) is 30.3 Å². The first-order valence-electron chi connectivity index (χ1n) is 12.4. The zero-order valence-electron chi connectivity index (χ0n) is 22.6. The van der Waals surface area contributed by atoms with Crippen molar-refractivity contribution in [1.29, 1.82) is 0 Å². The van der Waals surface area contributed by atoms with Gasteiger partial charge in [-0.05, 0) is 74.0 Å². The predicted molar refractivity (Wildman–Crippen MR) is 157 cm³/mol. The molecular formula is C28H29N5O6S2. The average molecular weight is 596 g/mol. The van der Waals surface area contributed by atoms with Gasteiger partial charge in [0.15, 0.2) is 0 Å². The number of carbonyl (C=O) groups is 1. The van der Waals surface area contributed by atoms with Crippen molar-refractivity contribution in [1.82, 2.24) is 9.97 Å². The van der Waals surface area contributed by atoms with E-state index in [0.717, 1.165) is 16.1 Å². The van der Waals surface area contributed by atoms with Crippen LogP contribution in [0.4, 0.5) is 17.3 Å². The fourth-order valence-corrected chi connectivity index (χ4v) is 5.65. The van der Waals surface area contributed by atoms with Crippen LogP contribution in [0.3, 0.4) is 0 Å². The van der Waals surface area contributed by atoms with Crippen LogP contribution in [0.1, 0.15) is 17.0 Å². The van der Waals surface area contributed by atoms with Crippen molar-refractivity contribution in [2.75, 3.05) is 27.1 Å². The number of amides is 1. The number of nitrogens with one attached hydrogen (secondary N) is 2. The van der Waals surface area contributed by atoms with Gasteiger partial charge in [0.05, 0.1) is 16.8 Å². The van der Waals surface area contributed by atoms with Crippen molar-refractivity contribution in [3.63, 3.8) is 0 Å². The van der Waals surface area contributed by atoms with Gasteiger partial charge in [0.1, 0.15) is 18.9 Å². The van der Waals surface area contributed by atoms with Gasteiger partial charge in [0, 0.05) is 17.1 Å². The molecular weight excluding hydrogens is 566 g/mol. The number of aromatic nitrogens is 2. The highest BCUT2D eigenvalue weighted by Gasteiger charge is 2.22. The van der Waals surface area contributed by atoms with E-state index < -0.39 is 32.5 Å². The normalized spacial score (nSPS) is 11.5. The number of hydrogen-bond acceptors (Lipinski definition) is 8. The van der Waals surface area contributed by atoms with E-state index in [4.69, 9.17) is 4.74 Å². The molecule has 0 atom stereocenters. The number of anilines is 3. The lowest BCUT2D eigenvalue weighted by Crippen LogP contribution is -2.37. The molecule has 0 fully saturated rings. The maximum Gasteiger partial charge on any atom is 0.264 e. The van der Waals surface area contributed by atoms with Crippen LogP contribution in [0.25, 0.3) is 0 Å². The molecule has 11 nitrogen and oxygen atoms in total. The molecule has 3 aromatic carbocycles. The van der Waals surface area contributed by atoms with Gasteiger partial charge in [-0.15, -0.1) is 0 Å². The van der Waals surface area contributed by atoms with Gasteiger partial charge in [-0.3, -0.25) is 9.10 Å². The van der Waals surface area contributed by atoms with Gasteiger partial charge in [0.25, 0.3) is 10.0 Å². The van der Waals surface area contributed by atoms with E-state index in [1.54, 1.807) is 44.2 Å². The van der Waals surface area contributed by atoms with Crippen molar-refractivity contribution in [2.24, 2.45) is 0 Å². The Bertz CT molecular complexity index is 1710. The molecule has 41 heavy (non-hydrogen) atoms. The molecule has 0 saturated heterocycles. The number of sulfonamides is 2. The first-order chi connectivity index (χ1) is 19.4. The molecule has 1 aromatic heterocycles. The van der Waals surface area contributed by atoms with Crippen LogP contribution < -0.4 is 19.1 Å². The predicted octanol–water partition coefficient (Wildman–Crippen LogP) is 3.88. The van der Waals surface area contributed by atoms with E-state index in [0.29, 0.717) is 23.7 Å². The molecule has 0 saturated carbocycles. The van der Waals surface area contributed by atoms with Crippen molar-refractivity contribution >= 4 is 43.3 Å². The largest absolute Gasteiger partial charge is 0.489 e. The third-order valence-electron chi connectivity index (χ3n) is 5.72. The Morgan fingerprint density at radius 3 is 2.05 bits per heavy atom. The summed E-state index contributed by atoms with van der Waals surface area (Å²) >= 11 is 0. The number of ether oxygens (including phenoxy) is 1. The Hall–Kier alpha value is -4.49. The Morgan fingerprint density at radius 1 is 0.854 bits per heavy atom. The topological polar surface area (TPSA) is 148 Å². The van der Waals surface area contributed by atoms with E-state index in [9.17, 15) is 21.6 Å². The molecule has 0 radical (unpaired) electrons. The number of hydrogen-bond donors (Lipinski definition) is 2. The van der Waals surface area contributed by atoms with Crippen molar-refractivity contribution in [2.45, 2.75) is 25.3 Å². The summed E-state index contributed by atoms with van der Waals surface area (Å²) in [7, 11) is -7.78. The van der Waals surface area contributed by atoms with E-state index >= 15 is 0 Å². The van der Waals surface area contributed by atoms with Crippen LogP contribution in [0.15, 0.2) is 89.8 Å². The van der Waals surface area contributed by atoms with Gasteiger partial charge in [-0.1, -0.05) is 30.3 Å². The number of carbonyl (C=O) groups excluding carboxylic acids is 1. The van der Waals surface area contributed by atoms with Crippen LogP contribution in [-0.2, 0) is 31.4 Å². The monoisotopic (exact) mass is 595 g/mol. The number of benzene rings is 3. The third kappa shape index (κ3) is 8.25. The van der Waals surface area contributed by atoms with Gasteiger partial charge in [-0.25, -0.2) is 31.5 Å². The van der Waals surface area contributed by atoms with Crippen LogP contribution in [-0.4, -0.2) is 45.5 Å². The molecule has 0 bridgehead atoms. The Balaban J connectivity index is 1.39. The first-order valence-corrected chi connectivity index (χ1v) is 15.7. The van der Waals surface area contributed by atoms with E-state index in [-0.39, 0.29) is 22.2 Å². The molecule has 0 spiro atoms. The molecule has 214 valence electrons. The summed E-state index contributed by atoms with van der Waals surface area (Å²) in [6.07, 6.45) is 1.01. The summed E-state index contributed by atoms with van der Waals surface area (Å²) in [5, 5.41) is 2.60. The zero-order chi connectivity index (χ0) is 29.6. The maximum atomic E-state index is 12.8. The quantitative estimate of drug-likeness (QED) is 0.266. The van der Waals surface area contributed by atoms with Crippen LogP contribution in [0, 0.1) is 13.8 Å². The fourth-order valence-electron chi connectivity index (χ4n) is 3.85. The smallest absolute Gasteiger partial charge is 0.264 e. The summed E-state index contributed by atoms with van der Waals surface area (Å²) < 4.78 is 59.5. The number of aryl methyl sites for hydroxylation is 2. The first kappa shape index (κ1) is 29.5. The molecule has 4 rings (SSSR count). The standard InChI is InChI=1S/C28H29N5O6S2/c1-20-17-21(2)30-28(29-20)32-41(37,38)26-15-9-23(10-16-26)31-27(34)18-33(40(3,35)36)24-11-13-25(14-12-24)39-19-22-7-5-4-6-8-22/h4-17H,18-19H2,1-3H3,(H,31,34)(H,29,30,32). The van der Waals surface area contributed by atoms with Crippen LogP contribution in [0.2, 0.25) is 0 Å². The van der Waals surface area contributed by atoms with E-state index in [1.165, 1.54) is 24.3 Å².